The molecule has 1 atom stereocenters. The summed E-state index contributed by atoms with van der Waals surface area (Å²) in [6.07, 6.45) is 4.06. The molecule has 4 nitrogen and oxygen atoms in total. The zero-order valence-electron chi connectivity index (χ0n) is 8.84. The van der Waals surface area contributed by atoms with Crippen molar-refractivity contribution < 1.29 is 9.53 Å². The maximum atomic E-state index is 11.1. The molecule has 0 spiro atoms. The van der Waals surface area contributed by atoms with Crippen molar-refractivity contribution >= 4 is 6.09 Å². The number of carbonyl (C=O) groups is 1. The number of alkyl carbamates (subject to hydrolysis) is 1. The van der Waals surface area contributed by atoms with Gasteiger partial charge in [0.1, 0.15) is 0 Å². The molecule has 1 aliphatic heterocycles. The van der Waals surface area contributed by atoms with Crippen LogP contribution in [0.15, 0.2) is 0 Å². The summed E-state index contributed by atoms with van der Waals surface area (Å²) < 4.78 is 4.96. The van der Waals surface area contributed by atoms with E-state index in [0.29, 0.717) is 19.2 Å². The second-order valence-corrected chi connectivity index (χ2v) is 3.66. The highest BCUT2D eigenvalue weighted by atomic mass is 16.5. The van der Waals surface area contributed by atoms with E-state index in [2.05, 4.69) is 17.6 Å². The summed E-state index contributed by atoms with van der Waals surface area (Å²) in [4.78, 5) is 11.1. The number of rotatable bonds is 5. The molecule has 82 valence electrons. The quantitative estimate of drug-likeness (QED) is 0.657. The van der Waals surface area contributed by atoms with E-state index in [1.807, 2.05) is 0 Å². The van der Waals surface area contributed by atoms with Gasteiger partial charge in [0.25, 0.3) is 0 Å². The lowest BCUT2D eigenvalue weighted by Crippen LogP contribution is -2.37. The van der Waals surface area contributed by atoms with Crippen molar-refractivity contribution in [1.82, 2.24) is 10.6 Å². The lowest BCUT2D eigenvalue weighted by Gasteiger charge is -2.11. The summed E-state index contributed by atoms with van der Waals surface area (Å²) in [7, 11) is 0. The zero-order chi connectivity index (χ0) is 10.2. The van der Waals surface area contributed by atoms with Crippen LogP contribution in [0.2, 0.25) is 0 Å². The smallest absolute Gasteiger partial charge is 0.407 e. The molecule has 14 heavy (non-hydrogen) atoms. The Balaban J connectivity index is 1.96. The first kappa shape index (κ1) is 11.3. The number of nitrogens with one attached hydrogen (secondary N) is 2. The van der Waals surface area contributed by atoms with Crippen molar-refractivity contribution in [2.45, 2.75) is 38.6 Å². The van der Waals surface area contributed by atoms with Gasteiger partial charge in [-0.1, -0.05) is 13.3 Å². The molecule has 1 heterocycles. The lowest BCUT2D eigenvalue weighted by atomic mass is 10.2. The van der Waals surface area contributed by atoms with Crippen LogP contribution in [-0.2, 0) is 4.74 Å². The van der Waals surface area contributed by atoms with E-state index in [0.717, 1.165) is 25.8 Å². The normalized spacial score (nSPS) is 20.8. The Hall–Kier alpha value is -0.770. The molecule has 0 aromatic heterocycles. The largest absolute Gasteiger partial charge is 0.450 e. The Bertz CT molecular complexity index is 168. The first-order valence-corrected chi connectivity index (χ1v) is 5.47. The van der Waals surface area contributed by atoms with Gasteiger partial charge in [-0.3, -0.25) is 0 Å². The molecule has 2 N–H and O–H groups in total. The van der Waals surface area contributed by atoms with Gasteiger partial charge in [-0.2, -0.15) is 0 Å². The predicted octanol–water partition coefficient (Wildman–Crippen LogP) is 1.26. The van der Waals surface area contributed by atoms with E-state index >= 15 is 0 Å². The fourth-order valence-corrected chi connectivity index (χ4v) is 1.50. The highest BCUT2D eigenvalue weighted by Gasteiger charge is 2.14. The zero-order valence-corrected chi connectivity index (χ0v) is 8.84. The molecular formula is C10H20N2O2. The van der Waals surface area contributed by atoms with Gasteiger partial charge < -0.3 is 15.4 Å². The van der Waals surface area contributed by atoms with Crippen molar-refractivity contribution in [1.29, 1.82) is 0 Å². The van der Waals surface area contributed by atoms with Crippen LogP contribution >= 0.6 is 0 Å². The Morgan fingerprint density at radius 2 is 2.50 bits per heavy atom. The second kappa shape index (κ2) is 6.65. The van der Waals surface area contributed by atoms with Crippen LogP contribution in [0.1, 0.15) is 32.6 Å². The fraction of sp³-hybridized carbons (Fsp3) is 0.900. The molecule has 0 radical (unpaired) electrons. The highest BCUT2D eigenvalue weighted by molar-refractivity contribution is 5.67. The molecule has 1 fully saturated rings. The van der Waals surface area contributed by atoms with Crippen molar-refractivity contribution in [3.63, 3.8) is 0 Å². The Kier molecular flexibility index (Phi) is 5.37. The van der Waals surface area contributed by atoms with Gasteiger partial charge in [0.15, 0.2) is 0 Å². The van der Waals surface area contributed by atoms with Gasteiger partial charge in [-0.25, -0.2) is 4.79 Å². The number of amides is 1. The van der Waals surface area contributed by atoms with Crippen molar-refractivity contribution in [2.75, 3.05) is 19.7 Å². The monoisotopic (exact) mass is 200 g/mol. The summed E-state index contributed by atoms with van der Waals surface area (Å²) in [6, 6.07) is 0.439. The highest BCUT2D eigenvalue weighted by Crippen LogP contribution is 2.03. The standard InChI is InChI=1S/C10H20N2O2/c1-2-3-7-14-10(13)12-8-9-5-4-6-11-9/h9,11H,2-8H2,1H3,(H,12,13)/t9-/m0/s1. The minimum Gasteiger partial charge on any atom is -0.450 e. The SMILES string of the molecule is CCCCOC(=O)NC[C@@H]1CCCN1. The fourth-order valence-electron chi connectivity index (χ4n) is 1.50. The molecular weight excluding hydrogens is 180 g/mol. The van der Waals surface area contributed by atoms with E-state index in [-0.39, 0.29) is 6.09 Å². The first-order valence-electron chi connectivity index (χ1n) is 5.47. The van der Waals surface area contributed by atoms with E-state index in [9.17, 15) is 4.79 Å². The molecule has 1 rings (SSSR count). The predicted molar refractivity (Wildman–Crippen MR) is 55.3 cm³/mol. The van der Waals surface area contributed by atoms with Crippen LogP contribution in [0.3, 0.4) is 0 Å². The number of ether oxygens (including phenoxy) is 1. The van der Waals surface area contributed by atoms with Crippen LogP contribution in [-0.4, -0.2) is 31.8 Å². The molecule has 4 heteroatoms. The molecule has 0 aromatic rings. The number of hydrogen-bond donors (Lipinski definition) is 2. The molecule has 1 saturated heterocycles. The summed E-state index contributed by atoms with van der Waals surface area (Å²) in [5.74, 6) is 0. The Morgan fingerprint density at radius 3 is 3.14 bits per heavy atom. The van der Waals surface area contributed by atoms with Crippen molar-refractivity contribution in [3.8, 4) is 0 Å². The maximum Gasteiger partial charge on any atom is 0.407 e. The molecule has 0 unspecified atom stereocenters. The summed E-state index contributed by atoms with van der Waals surface area (Å²) >= 11 is 0. The van der Waals surface area contributed by atoms with Gasteiger partial charge in [-0.15, -0.1) is 0 Å². The Morgan fingerprint density at radius 1 is 1.64 bits per heavy atom. The number of hydrogen-bond acceptors (Lipinski definition) is 3. The van der Waals surface area contributed by atoms with Crippen LogP contribution in [0, 0.1) is 0 Å². The summed E-state index contributed by atoms with van der Waals surface area (Å²) in [5.41, 5.74) is 0. The molecule has 0 aliphatic carbocycles. The van der Waals surface area contributed by atoms with Crippen LogP contribution in [0.4, 0.5) is 4.79 Å². The third kappa shape index (κ3) is 4.46. The average molecular weight is 200 g/mol. The number of unbranched alkanes of at least 4 members (excludes halogenated alkanes) is 1. The minimum absolute atomic E-state index is 0.285. The topological polar surface area (TPSA) is 50.4 Å². The molecule has 0 aromatic carbocycles. The van der Waals surface area contributed by atoms with E-state index in [1.54, 1.807) is 0 Å². The average Bonchev–Trinajstić information content (AvgIpc) is 2.68. The van der Waals surface area contributed by atoms with Gasteiger partial charge in [-0.05, 0) is 25.8 Å². The van der Waals surface area contributed by atoms with Gasteiger partial charge in [0.05, 0.1) is 6.61 Å². The van der Waals surface area contributed by atoms with Crippen molar-refractivity contribution in [3.05, 3.63) is 0 Å². The van der Waals surface area contributed by atoms with Crippen molar-refractivity contribution in [2.24, 2.45) is 0 Å². The first-order chi connectivity index (χ1) is 6.83. The van der Waals surface area contributed by atoms with Gasteiger partial charge >= 0.3 is 6.09 Å². The minimum atomic E-state index is -0.285. The van der Waals surface area contributed by atoms with Crippen LogP contribution in [0.25, 0.3) is 0 Å². The van der Waals surface area contributed by atoms with Gasteiger partial charge in [0, 0.05) is 12.6 Å². The number of carbonyl (C=O) groups excluding carboxylic acids is 1. The van der Waals surface area contributed by atoms with E-state index in [1.165, 1.54) is 6.42 Å². The molecule has 1 amide bonds. The third-order valence-corrected chi connectivity index (χ3v) is 2.39. The Labute approximate surface area is 85.4 Å². The summed E-state index contributed by atoms with van der Waals surface area (Å²) in [5, 5.41) is 6.07. The molecule has 1 aliphatic rings. The maximum absolute atomic E-state index is 11.1. The third-order valence-electron chi connectivity index (χ3n) is 2.39. The molecule has 0 bridgehead atoms. The molecule has 0 saturated carbocycles. The summed E-state index contributed by atoms with van der Waals surface area (Å²) in [6.45, 7) is 4.35. The van der Waals surface area contributed by atoms with Gasteiger partial charge in [0.2, 0.25) is 0 Å². The van der Waals surface area contributed by atoms with Crippen LogP contribution in [0.5, 0.6) is 0 Å². The van der Waals surface area contributed by atoms with Crippen LogP contribution < -0.4 is 10.6 Å². The van der Waals surface area contributed by atoms with E-state index < -0.39 is 0 Å². The second-order valence-electron chi connectivity index (χ2n) is 3.66. The lowest BCUT2D eigenvalue weighted by molar-refractivity contribution is 0.143. The van der Waals surface area contributed by atoms with E-state index in [4.69, 9.17) is 4.74 Å².